The molecular formula is C63H50N2O3. The van der Waals surface area contributed by atoms with Crippen molar-refractivity contribution in [2.24, 2.45) is 0 Å². The van der Waals surface area contributed by atoms with Gasteiger partial charge in [-0.2, -0.15) is 0 Å². The van der Waals surface area contributed by atoms with E-state index in [1.54, 1.807) is 0 Å². The quantitative estimate of drug-likeness (QED) is 0.121. The van der Waals surface area contributed by atoms with Crippen molar-refractivity contribution >= 4 is 56.0 Å². The van der Waals surface area contributed by atoms with Crippen molar-refractivity contribution in [3.05, 3.63) is 252 Å². The second-order valence-corrected chi connectivity index (χ2v) is 18.0. The first-order valence-corrected chi connectivity index (χ1v) is 23.6. The van der Waals surface area contributed by atoms with Gasteiger partial charge in [-0.25, -0.2) is 0 Å². The molecule has 0 radical (unpaired) electrons. The summed E-state index contributed by atoms with van der Waals surface area (Å²) in [6.45, 7) is 13.2. The van der Waals surface area contributed by atoms with E-state index in [1.807, 2.05) is 31.2 Å². The number of rotatable bonds is 11. The van der Waals surface area contributed by atoms with Gasteiger partial charge in [-0.05, 0) is 90.6 Å². The van der Waals surface area contributed by atoms with Gasteiger partial charge in [0.25, 0.3) is 0 Å². The highest BCUT2D eigenvalue weighted by Crippen LogP contribution is 2.52. The molecule has 12 rings (SSSR count). The molecule has 6 aromatic carbocycles. The molecule has 330 valence electrons. The number of allylic oxidation sites excluding steroid dienone is 11. The van der Waals surface area contributed by atoms with Crippen LogP contribution in [0.15, 0.2) is 235 Å². The Morgan fingerprint density at radius 2 is 1.53 bits per heavy atom. The predicted molar refractivity (Wildman–Crippen MR) is 281 cm³/mol. The fraction of sp³-hybridized carbons (Fsp3) is 0.111. The molecule has 0 fully saturated rings. The molecule has 5 nitrogen and oxygen atoms in total. The van der Waals surface area contributed by atoms with Gasteiger partial charge >= 0.3 is 0 Å². The number of fused-ring (bicyclic) bond motifs is 8. The zero-order valence-electron chi connectivity index (χ0n) is 38.2. The Bertz CT molecular complexity index is 3610. The smallest absolute Gasteiger partial charge is 0.159 e. The number of para-hydroxylation sites is 3. The summed E-state index contributed by atoms with van der Waals surface area (Å²) in [6, 6.07) is 45.0. The van der Waals surface area contributed by atoms with Crippen molar-refractivity contribution in [1.82, 2.24) is 0 Å². The summed E-state index contributed by atoms with van der Waals surface area (Å²) in [5, 5.41) is 4.31. The summed E-state index contributed by atoms with van der Waals surface area (Å²) in [4.78, 5) is 4.75. The lowest BCUT2D eigenvalue weighted by Crippen LogP contribution is -2.34. The van der Waals surface area contributed by atoms with E-state index in [0.29, 0.717) is 6.42 Å². The topological polar surface area (TPSA) is 38.1 Å². The molecule has 0 saturated heterocycles. The standard InChI is InChI=1S/C63H50N2O3/c1-5-6-18-40(2)41(3)33-34-42(4)64(53-28-15-23-48-46-21-10-12-30-56(46)67-62(48)53)55-39-59-60-50(55)25-14-26-51(60)61-52(27-17-32-58(61)66-59)65(45-37-35-44(36-38-45)43-19-8-7-9-20-43)54-29-16-24-49-47-22-11-13-31-57(47)68-63(49)54/h5-37,45,47,57H,3-4,38-39H2,1-2H3/b6-5-,34-33-,40-18+/t45-,47?,57?/m1/s1. The van der Waals surface area contributed by atoms with Gasteiger partial charge in [-0.15, -0.1) is 0 Å². The number of ether oxygens (including phenoxy) is 2. The highest BCUT2D eigenvalue weighted by atomic mass is 16.5. The van der Waals surface area contributed by atoms with Gasteiger partial charge in [0.1, 0.15) is 28.9 Å². The maximum Gasteiger partial charge on any atom is 0.159 e. The van der Waals surface area contributed by atoms with Gasteiger partial charge < -0.3 is 23.7 Å². The Labute approximate surface area is 397 Å². The molecule has 0 spiro atoms. The number of nitrogens with zero attached hydrogens (tertiary/aromatic N) is 2. The highest BCUT2D eigenvalue weighted by Gasteiger charge is 2.38. The second-order valence-electron chi connectivity index (χ2n) is 18.0. The van der Waals surface area contributed by atoms with Crippen LogP contribution in [-0.2, 0) is 0 Å². The molecule has 0 bridgehead atoms. The third kappa shape index (κ3) is 6.84. The van der Waals surface area contributed by atoms with E-state index < -0.39 is 0 Å². The van der Waals surface area contributed by atoms with Crippen LogP contribution < -0.4 is 29.7 Å². The van der Waals surface area contributed by atoms with Crippen LogP contribution in [-0.4, -0.2) is 12.1 Å². The Hall–Kier alpha value is -8.28. The summed E-state index contributed by atoms with van der Waals surface area (Å²) in [7, 11) is 0. The van der Waals surface area contributed by atoms with Crippen molar-refractivity contribution in [3.63, 3.8) is 0 Å². The van der Waals surface area contributed by atoms with Crippen LogP contribution in [0.1, 0.15) is 43.7 Å². The zero-order valence-corrected chi connectivity index (χ0v) is 38.2. The van der Waals surface area contributed by atoms with E-state index in [9.17, 15) is 0 Å². The lowest BCUT2D eigenvalue weighted by molar-refractivity contribution is 0.269. The monoisotopic (exact) mass is 882 g/mol. The summed E-state index contributed by atoms with van der Waals surface area (Å²) in [6.07, 6.45) is 27.2. The molecule has 0 amide bonds. The molecular weight excluding hydrogens is 833 g/mol. The van der Waals surface area contributed by atoms with E-state index in [4.69, 9.17) is 20.5 Å². The largest absolute Gasteiger partial charge is 0.483 e. The molecule has 5 heteroatoms. The maximum absolute atomic E-state index is 7.18. The van der Waals surface area contributed by atoms with Gasteiger partial charge in [0.15, 0.2) is 5.58 Å². The molecule has 7 aromatic rings. The average Bonchev–Trinajstić information content (AvgIpc) is 4.08. The van der Waals surface area contributed by atoms with Crippen molar-refractivity contribution < 1.29 is 13.9 Å². The van der Waals surface area contributed by atoms with E-state index in [1.165, 1.54) is 16.7 Å². The molecule has 3 aliphatic carbocycles. The summed E-state index contributed by atoms with van der Waals surface area (Å²) >= 11 is 0. The molecule has 0 saturated carbocycles. The molecule has 2 unspecified atom stereocenters. The second kappa shape index (κ2) is 16.9. The number of hydrogen-bond donors (Lipinski definition) is 0. The molecule has 3 heterocycles. The first-order valence-electron chi connectivity index (χ1n) is 23.6. The minimum absolute atomic E-state index is 0.0110. The molecule has 1 aromatic heterocycles. The van der Waals surface area contributed by atoms with Crippen molar-refractivity contribution in [1.29, 1.82) is 0 Å². The van der Waals surface area contributed by atoms with E-state index in [0.717, 1.165) is 107 Å². The number of furan rings is 1. The zero-order chi connectivity index (χ0) is 45.9. The number of anilines is 3. The van der Waals surface area contributed by atoms with Crippen LogP contribution in [0.5, 0.6) is 11.5 Å². The molecule has 0 N–H and O–H groups in total. The Kier molecular flexibility index (Phi) is 10.2. The Morgan fingerprint density at radius 1 is 0.750 bits per heavy atom. The SMILES string of the molecule is C=C(/C=C\C(=C)N(C1=c2cccc3c2=C(C1)Oc1cccc(N(c2cccc4c2OC2C=CC=CC42)[C@@H]2C=CC(c4ccccc4)=CC2)c1-3)c1cccc2c1oc1ccccc12)/C(C)=C/C=C\C. The maximum atomic E-state index is 7.18. The third-order valence-electron chi connectivity index (χ3n) is 13.9. The van der Waals surface area contributed by atoms with Crippen LogP contribution in [0, 0.1) is 0 Å². The van der Waals surface area contributed by atoms with Gasteiger partial charge in [0.05, 0.1) is 23.1 Å². The minimum Gasteiger partial charge on any atom is -0.483 e. The third-order valence-corrected chi connectivity index (χ3v) is 13.9. The summed E-state index contributed by atoms with van der Waals surface area (Å²) in [5.41, 5.74) is 14.3. The number of hydrogen-bond acceptors (Lipinski definition) is 5. The van der Waals surface area contributed by atoms with Crippen LogP contribution in [0.2, 0.25) is 0 Å². The van der Waals surface area contributed by atoms with Crippen molar-refractivity contribution in [3.8, 4) is 22.6 Å². The van der Waals surface area contributed by atoms with Crippen molar-refractivity contribution in [2.75, 3.05) is 9.80 Å². The van der Waals surface area contributed by atoms with Crippen LogP contribution in [0.3, 0.4) is 0 Å². The van der Waals surface area contributed by atoms with Crippen LogP contribution in [0.4, 0.5) is 17.1 Å². The first kappa shape index (κ1) is 41.2. The van der Waals surface area contributed by atoms with Gasteiger partial charge in [0.2, 0.25) is 0 Å². The summed E-state index contributed by atoms with van der Waals surface area (Å²) < 4.78 is 20.8. The average molecular weight is 883 g/mol. The van der Waals surface area contributed by atoms with Crippen LogP contribution >= 0.6 is 0 Å². The minimum atomic E-state index is -0.0456. The van der Waals surface area contributed by atoms with E-state index >= 15 is 0 Å². The Morgan fingerprint density at radius 3 is 2.40 bits per heavy atom. The van der Waals surface area contributed by atoms with Gasteiger partial charge in [0, 0.05) is 56.1 Å². The molecule has 2 aliphatic heterocycles. The number of benzene rings is 6. The van der Waals surface area contributed by atoms with E-state index in [-0.39, 0.29) is 18.1 Å². The predicted octanol–water partition coefficient (Wildman–Crippen LogP) is 14.4. The first-order chi connectivity index (χ1) is 33.4. The Balaban J connectivity index is 1.03. The lowest BCUT2D eigenvalue weighted by atomic mass is 9.90. The lowest BCUT2D eigenvalue weighted by Gasteiger charge is -2.36. The van der Waals surface area contributed by atoms with Gasteiger partial charge in [-0.3, -0.25) is 0 Å². The van der Waals surface area contributed by atoms with Gasteiger partial charge in [-0.1, -0.05) is 171 Å². The molecule has 3 atom stereocenters. The fourth-order valence-electron chi connectivity index (χ4n) is 10.6. The molecule has 68 heavy (non-hydrogen) atoms. The van der Waals surface area contributed by atoms with E-state index in [2.05, 4.69) is 199 Å². The van der Waals surface area contributed by atoms with Crippen LogP contribution in [0.25, 0.3) is 50.1 Å². The highest BCUT2D eigenvalue weighted by molar-refractivity contribution is 6.10. The molecule has 5 aliphatic rings. The normalized spacial score (nSPS) is 18.6. The van der Waals surface area contributed by atoms with Crippen molar-refractivity contribution in [2.45, 2.75) is 44.8 Å². The summed E-state index contributed by atoms with van der Waals surface area (Å²) in [5.74, 6) is 2.83. The fourth-order valence-corrected chi connectivity index (χ4v) is 10.6.